The lowest BCUT2D eigenvalue weighted by Crippen LogP contribution is -2.46. The van der Waals surface area contributed by atoms with Gasteiger partial charge in [-0.1, -0.05) is 6.42 Å². The molecule has 1 aromatic heterocycles. The Morgan fingerprint density at radius 1 is 1.38 bits per heavy atom. The summed E-state index contributed by atoms with van der Waals surface area (Å²) < 4.78 is 27.3. The third-order valence-corrected chi connectivity index (χ3v) is 7.00. The first-order chi connectivity index (χ1) is 9.99. The number of rotatable bonds is 4. The molecule has 0 aliphatic carbocycles. The summed E-state index contributed by atoms with van der Waals surface area (Å²) in [5.74, 6) is -1.32. The fourth-order valence-electron chi connectivity index (χ4n) is 3.21. The monoisotopic (exact) mass is 331 g/mol. The van der Waals surface area contributed by atoms with Crippen molar-refractivity contribution in [3.63, 3.8) is 0 Å². The molecular weight excluding hydrogens is 314 g/mol. The van der Waals surface area contributed by atoms with E-state index in [2.05, 4.69) is 14.6 Å². The van der Waals surface area contributed by atoms with Crippen LogP contribution in [0.15, 0.2) is 9.72 Å². The Labute approximate surface area is 127 Å². The summed E-state index contributed by atoms with van der Waals surface area (Å²) in [6, 6.07) is 0.0915. The van der Waals surface area contributed by atoms with Crippen LogP contribution >= 0.6 is 11.3 Å². The topological polar surface area (TPSA) is 99.6 Å². The molecule has 21 heavy (non-hydrogen) atoms. The summed E-state index contributed by atoms with van der Waals surface area (Å²) in [5.41, 5.74) is 0.852. The van der Waals surface area contributed by atoms with E-state index < -0.39 is 21.7 Å². The SMILES string of the molecule is O=C(O)c1ncsc1S(=O)(=O)NC1CCN2CCCCC12. The average molecular weight is 331 g/mol. The molecule has 2 atom stereocenters. The molecule has 0 amide bonds. The first kappa shape index (κ1) is 14.9. The maximum absolute atomic E-state index is 12.4. The number of aromatic carboxylic acids is 1. The van der Waals surface area contributed by atoms with Gasteiger partial charge in [-0.3, -0.25) is 4.90 Å². The number of nitrogens with one attached hydrogen (secondary N) is 1. The Morgan fingerprint density at radius 3 is 2.95 bits per heavy atom. The molecule has 0 radical (unpaired) electrons. The van der Waals surface area contributed by atoms with E-state index in [0.29, 0.717) is 0 Å². The molecule has 2 fully saturated rings. The summed E-state index contributed by atoms with van der Waals surface area (Å²) in [6.45, 7) is 1.91. The summed E-state index contributed by atoms with van der Waals surface area (Å²) in [7, 11) is -3.83. The van der Waals surface area contributed by atoms with E-state index in [1.165, 1.54) is 5.51 Å². The number of carboxylic acid groups (broad SMARTS) is 1. The highest BCUT2D eigenvalue weighted by Gasteiger charge is 2.39. The normalized spacial score (nSPS) is 26.7. The second kappa shape index (κ2) is 5.64. The number of fused-ring (bicyclic) bond motifs is 1. The number of aromatic nitrogens is 1. The molecule has 0 spiro atoms. The van der Waals surface area contributed by atoms with Gasteiger partial charge in [0.15, 0.2) is 9.90 Å². The number of piperidine rings is 1. The largest absolute Gasteiger partial charge is 0.476 e. The van der Waals surface area contributed by atoms with E-state index in [4.69, 9.17) is 5.11 Å². The predicted octanol–water partition coefficient (Wildman–Crippen LogP) is 0.746. The third kappa shape index (κ3) is 2.83. The lowest BCUT2D eigenvalue weighted by Gasteiger charge is -2.32. The van der Waals surface area contributed by atoms with Crippen molar-refractivity contribution in [1.29, 1.82) is 0 Å². The van der Waals surface area contributed by atoms with Crippen molar-refractivity contribution in [2.75, 3.05) is 13.1 Å². The number of carboxylic acids is 1. The molecular formula is C12H17N3O4S2. The molecule has 2 aliphatic rings. The Morgan fingerprint density at radius 2 is 2.19 bits per heavy atom. The van der Waals surface area contributed by atoms with E-state index in [1.54, 1.807) is 0 Å². The van der Waals surface area contributed by atoms with Crippen LogP contribution in [0.5, 0.6) is 0 Å². The highest BCUT2D eigenvalue weighted by Crippen LogP contribution is 2.29. The Kier molecular flexibility index (Phi) is 4.00. The summed E-state index contributed by atoms with van der Waals surface area (Å²) in [6.07, 6.45) is 4.03. The van der Waals surface area contributed by atoms with E-state index in [9.17, 15) is 13.2 Å². The van der Waals surface area contributed by atoms with Crippen LogP contribution in [-0.2, 0) is 10.0 Å². The van der Waals surface area contributed by atoms with Gasteiger partial charge in [0.1, 0.15) is 0 Å². The van der Waals surface area contributed by atoms with Gasteiger partial charge in [-0.2, -0.15) is 0 Å². The zero-order valence-corrected chi connectivity index (χ0v) is 13.0. The molecule has 3 rings (SSSR count). The molecule has 2 unspecified atom stereocenters. The zero-order valence-electron chi connectivity index (χ0n) is 11.4. The number of carbonyl (C=O) groups is 1. The maximum Gasteiger partial charge on any atom is 0.356 e. The number of hydrogen-bond acceptors (Lipinski definition) is 6. The van der Waals surface area contributed by atoms with E-state index >= 15 is 0 Å². The van der Waals surface area contributed by atoms with Gasteiger partial charge in [-0.25, -0.2) is 22.9 Å². The average Bonchev–Trinajstić information content (AvgIpc) is 3.06. The van der Waals surface area contributed by atoms with Gasteiger partial charge in [0.05, 0.1) is 5.51 Å². The number of nitrogens with zero attached hydrogens (tertiary/aromatic N) is 2. The van der Waals surface area contributed by atoms with Crippen LogP contribution in [0.3, 0.4) is 0 Å². The molecule has 7 nitrogen and oxygen atoms in total. The van der Waals surface area contributed by atoms with Crippen LogP contribution in [0.2, 0.25) is 0 Å². The molecule has 2 aliphatic heterocycles. The van der Waals surface area contributed by atoms with Gasteiger partial charge in [0, 0.05) is 18.6 Å². The van der Waals surface area contributed by atoms with Crippen LogP contribution in [0, 0.1) is 0 Å². The minimum Gasteiger partial charge on any atom is -0.476 e. The van der Waals surface area contributed by atoms with Crippen molar-refractivity contribution in [2.24, 2.45) is 0 Å². The van der Waals surface area contributed by atoms with Crippen molar-refractivity contribution >= 4 is 27.3 Å². The minimum atomic E-state index is -3.83. The smallest absolute Gasteiger partial charge is 0.356 e. The Bertz CT molecular complexity index is 643. The minimum absolute atomic E-state index is 0.140. The fraction of sp³-hybridized carbons (Fsp3) is 0.667. The van der Waals surface area contributed by atoms with Crippen LogP contribution in [0.1, 0.15) is 36.2 Å². The standard InChI is InChI=1S/C12H17N3O4S2/c16-11(17)10-12(20-7-13-10)21(18,19)14-8-4-6-15-5-2-1-3-9(8)15/h7-9,14H,1-6H2,(H,16,17). The molecule has 1 aromatic rings. The highest BCUT2D eigenvalue weighted by atomic mass is 32.2. The molecule has 0 aromatic carbocycles. The third-order valence-electron chi connectivity index (χ3n) is 4.14. The number of sulfonamides is 1. The molecule has 0 bridgehead atoms. The molecule has 3 heterocycles. The van der Waals surface area contributed by atoms with E-state index in [-0.39, 0.29) is 16.3 Å². The van der Waals surface area contributed by atoms with Crippen molar-refractivity contribution < 1.29 is 18.3 Å². The van der Waals surface area contributed by atoms with Crippen molar-refractivity contribution in [2.45, 2.75) is 42.0 Å². The second-order valence-electron chi connectivity index (χ2n) is 5.41. The highest BCUT2D eigenvalue weighted by molar-refractivity contribution is 7.91. The van der Waals surface area contributed by atoms with Crippen LogP contribution in [-0.4, -0.2) is 54.6 Å². The first-order valence-corrected chi connectivity index (χ1v) is 9.28. The zero-order chi connectivity index (χ0) is 15.0. The van der Waals surface area contributed by atoms with Crippen LogP contribution in [0.4, 0.5) is 0 Å². The van der Waals surface area contributed by atoms with Crippen LogP contribution < -0.4 is 4.72 Å². The molecule has 2 saturated heterocycles. The molecule has 0 saturated carbocycles. The van der Waals surface area contributed by atoms with Gasteiger partial charge in [0.2, 0.25) is 0 Å². The quantitative estimate of drug-likeness (QED) is 0.844. The van der Waals surface area contributed by atoms with Gasteiger partial charge in [0.25, 0.3) is 10.0 Å². The van der Waals surface area contributed by atoms with Crippen molar-refractivity contribution in [3.8, 4) is 0 Å². The molecule has 2 N–H and O–H groups in total. The van der Waals surface area contributed by atoms with Crippen molar-refractivity contribution in [3.05, 3.63) is 11.2 Å². The Hall–Kier alpha value is -1.03. The summed E-state index contributed by atoms with van der Waals surface area (Å²) >= 11 is 0.842. The number of hydrogen-bond donors (Lipinski definition) is 2. The molecule has 9 heteroatoms. The first-order valence-electron chi connectivity index (χ1n) is 6.92. The van der Waals surface area contributed by atoms with Crippen LogP contribution in [0.25, 0.3) is 0 Å². The lowest BCUT2D eigenvalue weighted by atomic mass is 10.00. The maximum atomic E-state index is 12.4. The van der Waals surface area contributed by atoms with Gasteiger partial charge in [-0.05, 0) is 25.8 Å². The van der Waals surface area contributed by atoms with Gasteiger partial charge in [-0.15, -0.1) is 11.3 Å². The van der Waals surface area contributed by atoms with Crippen molar-refractivity contribution in [1.82, 2.24) is 14.6 Å². The predicted molar refractivity (Wildman–Crippen MR) is 77.0 cm³/mol. The van der Waals surface area contributed by atoms with E-state index in [0.717, 1.165) is 50.1 Å². The van der Waals surface area contributed by atoms with Gasteiger partial charge < -0.3 is 5.11 Å². The fourth-order valence-corrected chi connectivity index (χ4v) is 5.67. The lowest BCUT2D eigenvalue weighted by molar-refractivity contribution is 0.0687. The Balaban J connectivity index is 1.80. The summed E-state index contributed by atoms with van der Waals surface area (Å²) in [4.78, 5) is 17.0. The summed E-state index contributed by atoms with van der Waals surface area (Å²) in [5, 5.41) is 9.01. The molecule has 116 valence electrons. The number of thiazole rings is 1. The van der Waals surface area contributed by atoms with Gasteiger partial charge >= 0.3 is 5.97 Å². The second-order valence-corrected chi connectivity index (χ2v) is 8.17. The van der Waals surface area contributed by atoms with E-state index in [1.807, 2.05) is 0 Å².